The molecule has 0 spiro atoms. The van der Waals surface area contributed by atoms with Gasteiger partial charge in [0.1, 0.15) is 5.82 Å². The Kier molecular flexibility index (Phi) is 2.84. The van der Waals surface area contributed by atoms with E-state index in [1.165, 1.54) is 7.11 Å². The van der Waals surface area contributed by atoms with Crippen molar-refractivity contribution in [3.05, 3.63) is 11.4 Å². The number of aliphatic hydroxyl groups excluding tert-OH is 2. The first kappa shape index (κ1) is 12.8. The molecular weight excluding hydrogens is 262 g/mol. The third-order valence-electron chi connectivity index (χ3n) is 3.54. The lowest BCUT2D eigenvalue weighted by Gasteiger charge is -2.04. The van der Waals surface area contributed by atoms with Gasteiger partial charge in [-0.3, -0.25) is 0 Å². The van der Waals surface area contributed by atoms with Gasteiger partial charge >= 0.3 is 0 Å². The Morgan fingerprint density at radius 2 is 2.10 bits per heavy atom. The Hall–Kier alpha value is -2.19. The highest BCUT2D eigenvalue weighted by Gasteiger charge is 2.47. The van der Waals surface area contributed by atoms with Crippen molar-refractivity contribution < 1.29 is 14.9 Å². The van der Waals surface area contributed by atoms with E-state index in [1.807, 2.05) is 0 Å². The van der Waals surface area contributed by atoms with Crippen LogP contribution in [0.25, 0.3) is 17.2 Å². The fourth-order valence-corrected chi connectivity index (χ4v) is 2.17. The number of H-pyrrole nitrogens is 1. The van der Waals surface area contributed by atoms with E-state index >= 15 is 0 Å². The predicted octanol–water partition coefficient (Wildman–Crippen LogP) is -0.298. The number of nitrogens with one attached hydrogen (secondary N) is 1. The molecule has 20 heavy (non-hydrogen) atoms. The Morgan fingerprint density at radius 3 is 2.70 bits per heavy atom. The van der Waals surface area contributed by atoms with Crippen LogP contribution in [0.5, 0.6) is 5.88 Å². The summed E-state index contributed by atoms with van der Waals surface area (Å²) in [5.41, 5.74) is 7.00. The normalized spacial score (nSPS) is 18.6. The number of imidazole rings is 1. The number of aromatic nitrogens is 4. The molecule has 2 aromatic rings. The van der Waals surface area contributed by atoms with E-state index in [0.29, 0.717) is 29.3 Å². The second kappa shape index (κ2) is 4.43. The minimum atomic E-state index is -0.506. The predicted molar refractivity (Wildman–Crippen MR) is 71.8 cm³/mol. The van der Waals surface area contributed by atoms with E-state index in [0.717, 1.165) is 5.57 Å². The summed E-state index contributed by atoms with van der Waals surface area (Å²) >= 11 is 0. The second-order valence-electron chi connectivity index (χ2n) is 4.85. The SMILES string of the molecule is COc1nc(N)nc2[nH]c(/C=C3/CC3(CO)CO)nc12. The third-order valence-corrected chi connectivity index (χ3v) is 3.54. The largest absolute Gasteiger partial charge is 0.479 e. The van der Waals surface area contributed by atoms with Gasteiger partial charge in [0.05, 0.1) is 20.3 Å². The zero-order valence-electron chi connectivity index (χ0n) is 10.9. The number of nitrogens with two attached hydrogens (primary N) is 1. The highest BCUT2D eigenvalue weighted by atomic mass is 16.5. The Labute approximate surface area is 114 Å². The summed E-state index contributed by atoms with van der Waals surface area (Å²) in [5.74, 6) is 0.973. The number of ether oxygens (including phenoxy) is 1. The molecule has 8 heteroatoms. The van der Waals surface area contributed by atoms with Crippen LogP contribution in [0.3, 0.4) is 0 Å². The Bertz CT molecular complexity index is 690. The summed E-state index contributed by atoms with van der Waals surface area (Å²) in [5, 5.41) is 18.5. The van der Waals surface area contributed by atoms with Gasteiger partial charge < -0.3 is 25.7 Å². The summed E-state index contributed by atoms with van der Waals surface area (Å²) in [7, 11) is 1.48. The summed E-state index contributed by atoms with van der Waals surface area (Å²) in [6.07, 6.45) is 2.45. The number of methoxy groups -OCH3 is 1. The lowest BCUT2D eigenvalue weighted by molar-refractivity contribution is 0.143. The summed E-state index contributed by atoms with van der Waals surface area (Å²) < 4.78 is 5.11. The molecule has 0 atom stereocenters. The lowest BCUT2D eigenvalue weighted by Crippen LogP contribution is -2.11. The summed E-state index contributed by atoms with van der Waals surface area (Å²) in [6, 6.07) is 0. The monoisotopic (exact) mass is 277 g/mol. The molecule has 2 aromatic heterocycles. The minimum Gasteiger partial charge on any atom is -0.479 e. The van der Waals surface area contributed by atoms with E-state index in [1.54, 1.807) is 6.08 Å². The topological polar surface area (TPSA) is 130 Å². The van der Waals surface area contributed by atoms with Crippen LogP contribution in [0, 0.1) is 5.41 Å². The van der Waals surface area contributed by atoms with Crippen LogP contribution in [0.4, 0.5) is 5.95 Å². The van der Waals surface area contributed by atoms with E-state index in [9.17, 15) is 10.2 Å². The molecule has 0 unspecified atom stereocenters. The first-order valence-electron chi connectivity index (χ1n) is 6.12. The van der Waals surface area contributed by atoms with E-state index in [2.05, 4.69) is 19.9 Å². The van der Waals surface area contributed by atoms with Crippen LogP contribution < -0.4 is 10.5 Å². The standard InChI is InChI=1S/C12H15N5O3/c1-20-10-8-9(16-11(13)17-10)15-7(14-8)2-6-3-12(6,4-18)5-19/h2,18-19H,3-5H2,1H3,(H3,13,14,15,16,17)/b6-2-. The van der Waals surface area contributed by atoms with E-state index in [4.69, 9.17) is 10.5 Å². The van der Waals surface area contributed by atoms with Gasteiger partial charge in [-0.25, -0.2) is 4.98 Å². The van der Waals surface area contributed by atoms with Crippen LogP contribution in [0.2, 0.25) is 0 Å². The molecule has 0 radical (unpaired) electrons. The quantitative estimate of drug-likeness (QED) is 0.603. The lowest BCUT2D eigenvalue weighted by atomic mass is 10.1. The maximum atomic E-state index is 9.27. The molecule has 8 nitrogen and oxygen atoms in total. The molecule has 0 saturated heterocycles. The van der Waals surface area contributed by atoms with Gasteiger partial charge in [0.25, 0.3) is 0 Å². The average molecular weight is 277 g/mol. The number of nitrogen functional groups attached to an aromatic ring is 1. The molecule has 1 fully saturated rings. The summed E-state index contributed by atoms with van der Waals surface area (Å²) in [6.45, 7) is -0.155. The molecule has 5 N–H and O–H groups in total. The third kappa shape index (κ3) is 1.89. The van der Waals surface area contributed by atoms with Crippen LogP contribution in [0.1, 0.15) is 12.2 Å². The number of rotatable bonds is 4. The molecular formula is C12H15N5O3. The minimum absolute atomic E-state index is 0.0777. The zero-order chi connectivity index (χ0) is 14.3. The highest BCUT2D eigenvalue weighted by molar-refractivity contribution is 5.79. The zero-order valence-corrected chi connectivity index (χ0v) is 10.9. The number of hydrogen-bond donors (Lipinski definition) is 4. The number of anilines is 1. The molecule has 1 aliphatic rings. The number of hydrogen-bond acceptors (Lipinski definition) is 7. The molecule has 0 aliphatic heterocycles. The second-order valence-corrected chi connectivity index (χ2v) is 4.85. The fourth-order valence-electron chi connectivity index (χ4n) is 2.17. The maximum Gasteiger partial charge on any atom is 0.246 e. The van der Waals surface area contributed by atoms with Crippen molar-refractivity contribution in [2.45, 2.75) is 6.42 Å². The van der Waals surface area contributed by atoms with Gasteiger partial charge in [0, 0.05) is 5.41 Å². The van der Waals surface area contributed by atoms with E-state index in [-0.39, 0.29) is 19.2 Å². The molecule has 1 saturated carbocycles. The first-order valence-corrected chi connectivity index (χ1v) is 6.12. The van der Waals surface area contributed by atoms with Crippen LogP contribution in [-0.4, -0.2) is 50.5 Å². The number of fused-ring (bicyclic) bond motifs is 1. The van der Waals surface area contributed by atoms with Gasteiger partial charge in [-0.05, 0) is 12.5 Å². The van der Waals surface area contributed by atoms with Crippen molar-refractivity contribution in [3.8, 4) is 5.88 Å². The van der Waals surface area contributed by atoms with Crippen LogP contribution >= 0.6 is 0 Å². The molecule has 106 valence electrons. The molecule has 0 amide bonds. The molecule has 0 aromatic carbocycles. The van der Waals surface area contributed by atoms with Crippen LogP contribution in [0.15, 0.2) is 5.57 Å². The number of aromatic amines is 1. The van der Waals surface area contributed by atoms with Crippen molar-refractivity contribution >= 4 is 23.2 Å². The van der Waals surface area contributed by atoms with Gasteiger partial charge in [-0.15, -0.1) is 0 Å². The van der Waals surface area contributed by atoms with Crippen molar-refractivity contribution in [3.63, 3.8) is 0 Å². The fraction of sp³-hybridized carbons (Fsp3) is 0.417. The average Bonchev–Trinajstić information content (AvgIpc) is 2.99. The van der Waals surface area contributed by atoms with Crippen LogP contribution in [-0.2, 0) is 0 Å². The first-order chi connectivity index (χ1) is 9.61. The molecule has 1 aliphatic carbocycles. The van der Waals surface area contributed by atoms with Gasteiger partial charge in [-0.1, -0.05) is 5.57 Å². The Balaban J connectivity index is 2.01. The maximum absolute atomic E-state index is 9.27. The van der Waals surface area contributed by atoms with E-state index < -0.39 is 5.41 Å². The highest BCUT2D eigenvalue weighted by Crippen LogP contribution is 2.51. The van der Waals surface area contributed by atoms with Gasteiger partial charge in [0.2, 0.25) is 11.8 Å². The Morgan fingerprint density at radius 1 is 1.35 bits per heavy atom. The molecule has 3 rings (SSSR count). The number of aliphatic hydroxyl groups is 2. The van der Waals surface area contributed by atoms with Gasteiger partial charge in [-0.2, -0.15) is 9.97 Å². The molecule has 0 bridgehead atoms. The number of nitrogens with zero attached hydrogens (tertiary/aromatic N) is 3. The summed E-state index contributed by atoms with van der Waals surface area (Å²) in [4.78, 5) is 15.3. The van der Waals surface area contributed by atoms with Crippen molar-refractivity contribution in [2.75, 3.05) is 26.1 Å². The smallest absolute Gasteiger partial charge is 0.246 e. The molecule has 2 heterocycles. The van der Waals surface area contributed by atoms with Crippen molar-refractivity contribution in [1.29, 1.82) is 0 Å². The van der Waals surface area contributed by atoms with Crippen molar-refractivity contribution in [1.82, 2.24) is 19.9 Å². The van der Waals surface area contributed by atoms with Crippen molar-refractivity contribution in [2.24, 2.45) is 5.41 Å². The van der Waals surface area contributed by atoms with Gasteiger partial charge in [0.15, 0.2) is 11.2 Å².